The Morgan fingerprint density at radius 2 is 1.75 bits per heavy atom. The first-order valence-electron chi connectivity index (χ1n) is 9.58. The maximum Gasteiger partial charge on any atom is 0.241 e. The largest absolute Gasteiger partial charge is 0.354 e. The van der Waals surface area contributed by atoms with Crippen molar-refractivity contribution in [3.8, 4) is 0 Å². The van der Waals surface area contributed by atoms with Crippen LogP contribution in [0.2, 0.25) is 0 Å². The molecule has 2 heterocycles. The first-order valence-corrected chi connectivity index (χ1v) is 9.58. The van der Waals surface area contributed by atoms with Crippen molar-refractivity contribution in [3.63, 3.8) is 0 Å². The Kier molecular flexibility index (Phi) is 7.27. The molecule has 3 rings (SSSR count). The second-order valence-electron chi connectivity index (χ2n) is 6.81. The first-order chi connectivity index (χ1) is 13.7. The molecule has 0 aliphatic rings. The number of hydrogen-bond donors (Lipinski definition) is 2. The quantitative estimate of drug-likeness (QED) is 0.604. The van der Waals surface area contributed by atoms with E-state index in [1.165, 1.54) is 5.56 Å². The van der Waals surface area contributed by atoms with Gasteiger partial charge < -0.3 is 10.6 Å². The lowest BCUT2D eigenvalue weighted by Gasteiger charge is -2.19. The number of hydrogen-bond acceptors (Lipinski definition) is 4. The third-order valence-electron chi connectivity index (χ3n) is 4.58. The average molecular weight is 374 g/mol. The highest BCUT2D eigenvalue weighted by molar-refractivity contribution is 5.83. The second kappa shape index (κ2) is 10.3. The van der Waals surface area contributed by atoms with Crippen molar-refractivity contribution in [3.05, 3.63) is 95.6 Å². The Hall–Kier alpha value is -3.05. The molecule has 1 atom stereocenters. The van der Waals surface area contributed by atoms with Gasteiger partial charge in [-0.15, -0.1) is 0 Å². The van der Waals surface area contributed by atoms with Crippen LogP contribution in [-0.2, 0) is 17.6 Å². The van der Waals surface area contributed by atoms with Gasteiger partial charge in [-0.2, -0.15) is 0 Å². The van der Waals surface area contributed by atoms with Crippen LogP contribution in [0.15, 0.2) is 73.3 Å². The molecule has 0 saturated carbocycles. The van der Waals surface area contributed by atoms with Crippen LogP contribution in [-0.4, -0.2) is 29.0 Å². The van der Waals surface area contributed by atoms with Crippen molar-refractivity contribution in [2.24, 2.45) is 0 Å². The Labute approximate surface area is 166 Å². The lowest BCUT2D eigenvalue weighted by Crippen LogP contribution is -2.39. The van der Waals surface area contributed by atoms with Gasteiger partial charge in [-0.05, 0) is 54.7 Å². The van der Waals surface area contributed by atoms with Gasteiger partial charge >= 0.3 is 0 Å². The number of rotatable bonds is 9. The number of benzene rings is 1. The molecule has 2 N–H and O–H groups in total. The molecular weight excluding hydrogens is 348 g/mol. The summed E-state index contributed by atoms with van der Waals surface area (Å²) < 4.78 is 0. The standard InChI is InChI=1S/C23H26N4O/c1-18-4-2-6-21(16-18)22(26-14-9-19-7-12-24-13-8-19)23(28)27-15-10-20-5-3-11-25-17-20/h2-8,11-13,16-17,22,26H,9-10,14-15H2,1H3,(H,27,28). The minimum atomic E-state index is -0.379. The molecule has 0 fully saturated rings. The number of nitrogens with zero attached hydrogens (tertiary/aromatic N) is 2. The third-order valence-corrected chi connectivity index (χ3v) is 4.58. The van der Waals surface area contributed by atoms with Gasteiger partial charge in [0, 0.05) is 37.9 Å². The summed E-state index contributed by atoms with van der Waals surface area (Å²) in [6.45, 7) is 3.33. The highest BCUT2D eigenvalue weighted by Crippen LogP contribution is 2.15. The number of nitrogens with one attached hydrogen (secondary N) is 2. The van der Waals surface area contributed by atoms with Crippen molar-refractivity contribution in [1.29, 1.82) is 0 Å². The van der Waals surface area contributed by atoms with E-state index in [0.29, 0.717) is 13.1 Å². The van der Waals surface area contributed by atoms with Gasteiger partial charge in [0.05, 0.1) is 0 Å². The van der Waals surface area contributed by atoms with E-state index in [0.717, 1.165) is 29.5 Å². The van der Waals surface area contributed by atoms with Crippen molar-refractivity contribution >= 4 is 5.91 Å². The Morgan fingerprint density at radius 3 is 2.50 bits per heavy atom. The van der Waals surface area contributed by atoms with Gasteiger partial charge in [0.2, 0.25) is 5.91 Å². The van der Waals surface area contributed by atoms with Crippen LogP contribution in [0.1, 0.15) is 28.3 Å². The molecule has 0 radical (unpaired) electrons. The molecule has 0 saturated heterocycles. The number of aromatic nitrogens is 2. The molecular formula is C23H26N4O. The summed E-state index contributed by atoms with van der Waals surface area (Å²) in [6, 6.07) is 15.6. The zero-order chi connectivity index (χ0) is 19.6. The van der Waals surface area contributed by atoms with Crippen molar-refractivity contribution < 1.29 is 4.79 Å². The number of aryl methyl sites for hydroxylation is 1. The van der Waals surface area contributed by atoms with Crippen molar-refractivity contribution in [2.45, 2.75) is 25.8 Å². The van der Waals surface area contributed by atoms with Crippen LogP contribution in [0.3, 0.4) is 0 Å². The fourth-order valence-electron chi connectivity index (χ4n) is 3.10. The Morgan fingerprint density at radius 1 is 0.929 bits per heavy atom. The molecule has 1 unspecified atom stereocenters. The molecule has 0 aliphatic carbocycles. The van der Waals surface area contributed by atoms with Crippen LogP contribution in [0.25, 0.3) is 0 Å². The molecule has 3 aromatic rings. The molecule has 28 heavy (non-hydrogen) atoms. The van der Waals surface area contributed by atoms with Gasteiger partial charge in [0.15, 0.2) is 0 Å². The summed E-state index contributed by atoms with van der Waals surface area (Å²) in [7, 11) is 0. The first kappa shape index (κ1) is 19.7. The van der Waals surface area contributed by atoms with Gasteiger partial charge in [-0.25, -0.2) is 0 Å². The number of carbonyl (C=O) groups excluding carboxylic acids is 1. The van der Waals surface area contributed by atoms with E-state index >= 15 is 0 Å². The fraction of sp³-hybridized carbons (Fsp3) is 0.261. The molecule has 0 bridgehead atoms. The average Bonchev–Trinajstić information content (AvgIpc) is 2.72. The van der Waals surface area contributed by atoms with E-state index in [1.807, 2.05) is 55.6 Å². The van der Waals surface area contributed by atoms with Crippen LogP contribution in [0.4, 0.5) is 0 Å². The van der Waals surface area contributed by atoms with Crippen molar-refractivity contribution in [1.82, 2.24) is 20.6 Å². The lowest BCUT2D eigenvalue weighted by molar-refractivity contribution is -0.123. The van der Waals surface area contributed by atoms with Gasteiger partial charge in [0.25, 0.3) is 0 Å². The van der Waals surface area contributed by atoms with Crippen LogP contribution >= 0.6 is 0 Å². The fourth-order valence-corrected chi connectivity index (χ4v) is 3.10. The van der Waals surface area contributed by atoms with Gasteiger partial charge in [-0.3, -0.25) is 14.8 Å². The van der Waals surface area contributed by atoms with Crippen LogP contribution in [0.5, 0.6) is 0 Å². The lowest BCUT2D eigenvalue weighted by atomic mass is 10.0. The van der Waals surface area contributed by atoms with E-state index in [1.54, 1.807) is 18.6 Å². The van der Waals surface area contributed by atoms with E-state index in [2.05, 4.69) is 26.7 Å². The van der Waals surface area contributed by atoms with E-state index in [4.69, 9.17) is 0 Å². The topological polar surface area (TPSA) is 66.9 Å². The predicted molar refractivity (Wildman–Crippen MR) is 111 cm³/mol. The van der Waals surface area contributed by atoms with Gasteiger partial charge in [-0.1, -0.05) is 35.9 Å². The third kappa shape index (κ3) is 5.99. The maximum absolute atomic E-state index is 12.9. The zero-order valence-electron chi connectivity index (χ0n) is 16.1. The molecule has 0 spiro atoms. The minimum absolute atomic E-state index is 0.00998. The summed E-state index contributed by atoms with van der Waals surface area (Å²) in [5.74, 6) is -0.00998. The number of carbonyl (C=O) groups is 1. The summed E-state index contributed by atoms with van der Waals surface area (Å²) in [6.07, 6.45) is 8.77. The summed E-state index contributed by atoms with van der Waals surface area (Å²) >= 11 is 0. The second-order valence-corrected chi connectivity index (χ2v) is 6.81. The molecule has 1 aromatic carbocycles. The van der Waals surface area contributed by atoms with Crippen LogP contribution < -0.4 is 10.6 Å². The highest BCUT2D eigenvalue weighted by Gasteiger charge is 2.19. The molecule has 5 heteroatoms. The molecule has 144 valence electrons. The maximum atomic E-state index is 12.9. The highest BCUT2D eigenvalue weighted by atomic mass is 16.2. The zero-order valence-corrected chi connectivity index (χ0v) is 16.1. The predicted octanol–water partition coefficient (Wildman–Crippen LogP) is 3.02. The Bertz CT molecular complexity index is 868. The smallest absolute Gasteiger partial charge is 0.241 e. The van der Waals surface area contributed by atoms with Gasteiger partial charge in [0.1, 0.15) is 6.04 Å². The number of amides is 1. The van der Waals surface area contributed by atoms with Crippen LogP contribution in [0, 0.1) is 6.92 Å². The normalized spacial score (nSPS) is 11.8. The SMILES string of the molecule is Cc1cccc(C(NCCc2ccncc2)C(=O)NCCc2cccnc2)c1. The molecule has 5 nitrogen and oxygen atoms in total. The minimum Gasteiger partial charge on any atom is -0.354 e. The monoisotopic (exact) mass is 374 g/mol. The number of pyridine rings is 2. The summed E-state index contributed by atoms with van der Waals surface area (Å²) in [5, 5.41) is 6.47. The molecule has 1 amide bonds. The summed E-state index contributed by atoms with van der Waals surface area (Å²) in [5.41, 5.74) is 4.43. The van der Waals surface area contributed by atoms with E-state index in [9.17, 15) is 4.79 Å². The summed E-state index contributed by atoms with van der Waals surface area (Å²) in [4.78, 5) is 21.0. The molecule has 2 aromatic heterocycles. The van der Waals surface area contributed by atoms with Crippen molar-refractivity contribution in [2.75, 3.05) is 13.1 Å². The van der Waals surface area contributed by atoms with E-state index < -0.39 is 0 Å². The Balaban J connectivity index is 1.60. The van der Waals surface area contributed by atoms with E-state index in [-0.39, 0.29) is 11.9 Å². The molecule has 0 aliphatic heterocycles.